The van der Waals surface area contributed by atoms with Gasteiger partial charge in [0.1, 0.15) is 5.82 Å². The van der Waals surface area contributed by atoms with Crippen LogP contribution in [0.5, 0.6) is 0 Å². The van der Waals surface area contributed by atoms with Crippen molar-refractivity contribution < 1.29 is 4.39 Å². The van der Waals surface area contributed by atoms with Crippen LogP contribution in [0.2, 0.25) is 0 Å². The quantitative estimate of drug-likeness (QED) is 0.232. The number of pyridine rings is 1. The van der Waals surface area contributed by atoms with Gasteiger partial charge in [0.25, 0.3) is 0 Å². The Morgan fingerprint density at radius 2 is 2.03 bits per heavy atom. The minimum Gasteiger partial charge on any atom is -0.357 e. The van der Waals surface area contributed by atoms with Gasteiger partial charge in [-0.05, 0) is 36.8 Å². The number of halogens is 2. The summed E-state index contributed by atoms with van der Waals surface area (Å²) in [5, 5.41) is 14.8. The minimum atomic E-state index is -0.316. The highest BCUT2D eigenvalue weighted by atomic mass is 127. The van der Waals surface area contributed by atoms with Crippen LogP contribution in [0.4, 0.5) is 4.39 Å². The highest BCUT2D eigenvalue weighted by molar-refractivity contribution is 14.0. The van der Waals surface area contributed by atoms with Crippen LogP contribution in [0.15, 0.2) is 66.3 Å². The van der Waals surface area contributed by atoms with Gasteiger partial charge in [0.05, 0.1) is 25.1 Å². The molecule has 4 rings (SSSR count). The number of nitrogens with one attached hydrogen (secondary N) is 2. The first-order valence-corrected chi connectivity index (χ1v) is 9.32. The van der Waals surface area contributed by atoms with Gasteiger partial charge in [0.2, 0.25) is 0 Å². The summed E-state index contributed by atoms with van der Waals surface area (Å²) >= 11 is 0. The van der Waals surface area contributed by atoms with Gasteiger partial charge in [-0.15, -0.1) is 34.2 Å². The number of benzene rings is 1. The summed E-state index contributed by atoms with van der Waals surface area (Å²) in [5.41, 5.74) is 2.02. The van der Waals surface area contributed by atoms with E-state index >= 15 is 0 Å². The summed E-state index contributed by atoms with van der Waals surface area (Å²) in [5.74, 6) is 1.09. The molecule has 0 fully saturated rings. The number of nitrogens with zero attached hydrogens (tertiary/aromatic N) is 6. The standard InChI is InChI=1S/C20H21FN8.HI/c1-2-23-20(25-13-19-27-26-18-5-3-4-9-29(18)19)24-12-15-6-7-17(16(21)11-15)28-10-8-22-14-28;/h3-11,14H,2,12-13H2,1H3,(H2,23,24,25);1H. The first kappa shape index (κ1) is 21.7. The Morgan fingerprint density at radius 3 is 2.80 bits per heavy atom. The Hall–Kier alpha value is -3.02. The number of guanidine groups is 1. The maximum atomic E-state index is 14.4. The molecule has 0 aliphatic rings. The summed E-state index contributed by atoms with van der Waals surface area (Å²) < 4.78 is 18.0. The van der Waals surface area contributed by atoms with E-state index in [4.69, 9.17) is 0 Å². The van der Waals surface area contributed by atoms with E-state index in [-0.39, 0.29) is 29.8 Å². The zero-order chi connectivity index (χ0) is 20.1. The Balaban J connectivity index is 0.00000256. The van der Waals surface area contributed by atoms with E-state index in [2.05, 4.69) is 30.8 Å². The number of aromatic nitrogens is 5. The fourth-order valence-electron chi connectivity index (χ4n) is 2.95. The average molecular weight is 520 g/mol. The number of rotatable bonds is 6. The summed E-state index contributed by atoms with van der Waals surface area (Å²) in [6, 6.07) is 10.8. The Morgan fingerprint density at radius 1 is 1.13 bits per heavy atom. The third-order valence-electron chi connectivity index (χ3n) is 4.36. The van der Waals surface area contributed by atoms with E-state index < -0.39 is 0 Å². The van der Waals surface area contributed by atoms with E-state index in [1.54, 1.807) is 29.4 Å². The molecule has 10 heteroatoms. The highest BCUT2D eigenvalue weighted by Gasteiger charge is 2.07. The molecule has 0 aliphatic heterocycles. The van der Waals surface area contributed by atoms with Gasteiger partial charge in [0, 0.05) is 25.1 Å². The predicted octanol–water partition coefficient (Wildman–Crippen LogP) is 2.93. The van der Waals surface area contributed by atoms with E-state index in [9.17, 15) is 4.39 Å². The molecule has 0 saturated carbocycles. The molecule has 2 N–H and O–H groups in total. The molecule has 156 valence electrons. The maximum absolute atomic E-state index is 14.4. The van der Waals surface area contributed by atoms with Crippen molar-refractivity contribution in [2.75, 3.05) is 6.54 Å². The third kappa shape index (κ3) is 4.93. The zero-order valence-electron chi connectivity index (χ0n) is 16.4. The predicted molar refractivity (Wildman–Crippen MR) is 124 cm³/mol. The number of aliphatic imine (C=N–C) groups is 1. The number of fused-ring (bicyclic) bond motifs is 1. The van der Waals surface area contributed by atoms with E-state index in [0.717, 1.165) is 17.0 Å². The van der Waals surface area contributed by atoms with Crippen LogP contribution >= 0.6 is 24.0 Å². The van der Waals surface area contributed by atoms with E-state index in [0.29, 0.717) is 31.3 Å². The molecule has 8 nitrogen and oxygen atoms in total. The Bertz CT molecular complexity index is 1120. The SMILES string of the molecule is CCNC(=NCc1ccc(-n2ccnc2)c(F)c1)NCc1nnc2ccccn12.I. The van der Waals surface area contributed by atoms with Gasteiger partial charge in [0.15, 0.2) is 17.4 Å². The second-order valence-electron chi connectivity index (χ2n) is 6.35. The topological polar surface area (TPSA) is 84.4 Å². The van der Waals surface area contributed by atoms with Gasteiger partial charge in [-0.3, -0.25) is 4.40 Å². The molecule has 0 spiro atoms. The van der Waals surface area contributed by atoms with Gasteiger partial charge in [-0.25, -0.2) is 14.4 Å². The zero-order valence-corrected chi connectivity index (χ0v) is 18.7. The Labute approximate surface area is 190 Å². The lowest BCUT2D eigenvalue weighted by molar-refractivity contribution is 0.615. The fraction of sp³-hybridized carbons (Fsp3) is 0.200. The monoisotopic (exact) mass is 520 g/mol. The first-order valence-electron chi connectivity index (χ1n) is 9.32. The maximum Gasteiger partial charge on any atom is 0.191 e. The molecule has 0 unspecified atom stereocenters. The molecule has 30 heavy (non-hydrogen) atoms. The van der Waals surface area contributed by atoms with Crippen molar-refractivity contribution in [2.45, 2.75) is 20.0 Å². The lowest BCUT2D eigenvalue weighted by atomic mass is 10.2. The van der Waals surface area contributed by atoms with Gasteiger partial charge in [-0.2, -0.15) is 0 Å². The fourth-order valence-corrected chi connectivity index (χ4v) is 2.95. The van der Waals surface area contributed by atoms with Crippen molar-refractivity contribution in [3.05, 3.63) is 78.5 Å². The number of imidazole rings is 1. The molecule has 3 heterocycles. The lowest BCUT2D eigenvalue weighted by Gasteiger charge is -2.11. The second-order valence-corrected chi connectivity index (χ2v) is 6.35. The minimum absolute atomic E-state index is 0. The second kappa shape index (κ2) is 10.1. The van der Waals surface area contributed by atoms with Gasteiger partial charge in [-0.1, -0.05) is 12.1 Å². The van der Waals surface area contributed by atoms with Crippen molar-refractivity contribution in [3.63, 3.8) is 0 Å². The summed E-state index contributed by atoms with van der Waals surface area (Å²) in [6.07, 6.45) is 6.81. The molecule has 0 saturated heterocycles. The largest absolute Gasteiger partial charge is 0.357 e. The molecule has 0 aliphatic carbocycles. The van der Waals surface area contributed by atoms with Crippen molar-refractivity contribution in [1.82, 2.24) is 34.8 Å². The lowest BCUT2D eigenvalue weighted by Crippen LogP contribution is -2.37. The summed E-state index contributed by atoms with van der Waals surface area (Å²) in [7, 11) is 0. The van der Waals surface area contributed by atoms with Crippen LogP contribution in [0.3, 0.4) is 0 Å². The van der Waals surface area contributed by atoms with E-state index in [1.807, 2.05) is 41.8 Å². The Kier molecular flexibility index (Phi) is 7.33. The van der Waals surface area contributed by atoms with Gasteiger partial charge >= 0.3 is 0 Å². The molecule has 0 amide bonds. The van der Waals surface area contributed by atoms with Gasteiger partial charge < -0.3 is 15.2 Å². The van der Waals surface area contributed by atoms with Crippen LogP contribution in [0.1, 0.15) is 18.3 Å². The van der Waals surface area contributed by atoms with Crippen LogP contribution in [0, 0.1) is 5.82 Å². The molecular weight excluding hydrogens is 498 g/mol. The number of hydrogen-bond donors (Lipinski definition) is 2. The molecule has 4 aromatic rings. The van der Waals surface area contributed by atoms with E-state index in [1.165, 1.54) is 6.07 Å². The van der Waals surface area contributed by atoms with Crippen LogP contribution in [0.25, 0.3) is 11.3 Å². The molecule has 1 aromatic carbocycles. The van der Waals surface area contributed by atoms with Crippen molar-refractivity contribution in [1.29, 1.82) is 0 Å². The normalized spacial score (nSPS) is 11.3. The van der Waals surface area contributed by atoms with Crippen LogP contribution < -0.4 is 10.6 Å². The highest BCUT2D eigenvalue weighted by Crippen LogP contribution is 2.15. The van der Waals surface area contributed by atoms with Crippen molar-refractivity contribution in [3.8, 4) is 5.69 Å². The first-order chi connectivity index (χ1) is 14.2. The van der Waals surface area contributed by atoms with Crippen molar-refractivity contribution >= 4 is 35.6 Å². The molecule has 0 bridgehead atoms. The smallest absolute Gasteiger partial charge is 0.191 e. The number of hydrogen-bond acceptors (Lipinski definition) is 4. The van der Waals surface area contributed by atoms with Crippen molar-refractivity contribution in [2.24, 2.45) is 4.99 Å². The van der Waals surface area contributed by atoms with Crippen LogP contribution in [-0.2, 0) is 13.1 Å². The summed E-state index contributed by atoms with van der Waals surface area (Å²) in [6.45, 7) is 3.51. The molecule has 0 radical (unpaired) electrons. The third-order valence-corrected chi connectivity index (χ3v) is 4.36. The molecule has 0 atom stereocenters. The summed E-state index contributed by atoms with van der Waals surface area (Å²) in [4.78, 5) is 8.50. The van der Waals surface area contributed by atoms with Crippen LogP contribution in [-0.4, -0.2) is 36.7 Å². The molecular formula is C20H22FIN8. The average Bonchev–Trinajstić information content (AvgIpc) is 3.40. The molecule has 3 aromatic heterocycles.